The standard InChI is InChI=1S/C23H27N5O3.C2HF3O2/c1-28(2)12-4-11-25-23(30)17-7-10-21(31-3)19(13-17)26-22-15-24-14-20(27-22)16-5-8-18(29)9-6-16;3-2(4,5)1(6)7/h5-10,13-15,29H,4,11-12H2,1-3H3,(H,25,30)(H,26,27);(H,6,7). The summed E-state index contributed by atoms with van der Waals surface area (Å²) < 4.78 is 37.2. The van der Waals surface area contributed by atoms with E-state index in [1.807, 2.05) is 14.1 Å². The van der Waals surface area contributed by atoms with Gasteiger partial charge in [-0.05, 0) is 69.5 Å². The number of carbonyl (C=O) groups is 2. The number of carboxylic acid groups (broad SMARTS) is 1. The van der Waals surface area contributed by atoms with E-state index in [2.05, 4.69) is 25.5 Å². The van der Waals surface area contributed by atoms with Crippen LogP contribution in [0.4, 0.5) is 24.7 Å². The van der Waals surface area contributed by atoms with Crippen LogP contribution in [0, 0.1) is 0 Å². The van der Waals surface area contributed by atoms with Crippen LogP contribution in [0.5, 0.6) is 11.5 Å². The second kappa shape index (κ2) is 13.8. The van der Waals surface area contributed by atoms with Gasteiger partial charge in [0.25, 0.3) is 5.91 Å². The van der Waals surface area contributed by atoms with E-state index in [4.69, 9.17) is 14.6 Å². The highest BCUT2D eigenvalue weighted by molar-refractivity contribution is 5.95. The number of benzene rings is 2. The Morgan fingerprint density at radius 2 is 1.74 bits per heavy atom. The Labute approximate surface area is 217 Å². The van der Waals surface area contributed by atoms with Crippen LogP contribution in [0.2, 0.25) is 0 Å². The minimum atomic E-state index is -5.08. The summed E-state index contributed by atoms with van der Waals surface area (Å²) in [5.74, 6) is -1.62. The van der Waals surface area contributed by atoms with E-state index in [1.54, 1.807) is 62.0 Å². The Bertz CT molecular complexity index is 1220. The average molecular weight is 536 g/mol. The summed E-state index contributed by atoms with van der Waals surface area (Å²) in [6.45, 7) is 1.51. The lowest BCUT2D eigenvalue weighted by molar-refractivity contribution is -0.192. The van der Waals surface area contributed by atoms with Crippen LogP contribution in [0.15, 0.2) is 54.9 Å². The van der Waals surface area contributed by atoms with Crippen molar-refractivity contribution in [1.82, 2.24) is 20.2 Å². The van der Waals surface area contributed by atoms with Crippen molar-refractivity contribution in [1.29, 1.82) is 0 Å². The molecular formula is C25H28F3N5O5. The fraction of sp³-hybridized carbons (Fsp3) is 0.280. The number of nitrogens with zero attached hydrogens (tertiary/aromatic N) is 3. The molecule has 3 rings (SSSR count). The monoisotopic (exact) mass is 535 g/mol. The number of carboxylic acids is 1. The molecule has 0 fully saturated rings. The van der Waals surface area contributed by atoms with Gasteiger partial charge in [-0.15, -0.1) is 0 Å². The molecule has 0 aliphatic heterocycles. The molecule has 0 saturated heterocycles. The molecule has 10 nitrogen and oxygen atoms in total. The Morgan fingerprint density at radius 1 is 1.08 bits per heavy atom. The minimum absolute atomic E-state index is 0.145. The van der Waals surface area contributed by atoms with Gasteiger partial charge in [0.15, 0.2) is 0 Å². The van der Waals surface area contributed by atoms with Crippen molar-refractivity contribution in [3.8, 4) is 22.8 Å². The van der Waals surface area contributed by atoms with Gasteiger partial charge in [0.1, 0.15) is 17.3 Å². The van der Waals surface area contributed by atoms with Crippen LogP contribution >= 0.6 is 0 Å². The molecule has 3 aromatic rings. The maximum atomic E-state index is 12.5. The number of alkyl halides is 3. The van der Waals surface area contributed by atoms with Crippen molar-refractivity contribution in [3.63, 3.8) is 0 Å². The summed E-state index contributed by atoms with van der Waals surface area (Å²) in [4.78, 5) is 32.3. The van der Waals surface area contributed by atoms with E-state index in [1.165, 1.54) is 0 Å². The van der Waals surface area contributed by atoms with Gasteiger partial charge in [-0.2, -0.15) is 13.2 Å². The highest BCUT2D eigenvalue weighted by atomic mass is 19.4. The number of aromatic nitrogens is 2. The number of anilines is 2. The molecule has 0 spiro atoms. The third kappa shape index (κ3) is 9.58. The fourth-order valence-corrected chi connectivity index (χ4v) is 2.98. The summed E-state index contributed by atoms with van der Waals surface area (Å²) >= 11 is 0. The van der Waals surface area contributed by atoms with E-state index < -0.39 is 12.1 Å². The van der Waals surface area contributed by atoms with E-state index >= 15 is 0 Å². The number of aromatic hydroxyl groups is 1. The van der Waals surface area contributed by atoms with Crippen LogP contribution in [0.25, 0.3) is 11.3 Å². The molecule has 0 bridgehead atoms. The summed E-state index contributed by atoms with van der Waals surface area (Å²) in [5, 5.41) is 22.7. The number of rotatable bonds is 9. The molecule has 4 N–H and O–H groups in total. The smallest absolute Gasteiger partial charge is 0.490 e. The number of hydrogen-bond donors (Lipinski definition) is 4. The molecule has 38 heavy (non-hydrogen) atoms. The largest absolute Gasteiger partial charge is 0.508 e. The Morgan fingerprint density at radius 3 is 2.32 bits per heavy atom. The first-order valence-corrected chi connectivity index (χ1v) is 11.2. The SMILES string of the molecule is COc1ccc(C(=O)NCCCN(C)C)cc1Nc1cncc(-c2ccc(O)cc2)n1.O=C(O)C(F)(F)F. The molecule has 0 atom stereocenters. The lowest BCUT2D eigenvalue weighted by atomic mass is 10.1. The Kier molecular flexibility index (Phi) is 10.8. The first-order valence-electron chi connectivity index (χ1n) is 11.2. The van der Waals surface area contributed by atoms with Crippen LogP contribution in [0.1, 0.15) is 16.8 Å². The van der Waals surface area contributed by atoms with Gasteiger partial charge >= 0.3 is 12.1 Å². The molecular weight excluding hydrogens is 507 g/mol. The molecule has 0 saturated carbocycles. The van der Waals surface area contributed by atoms with E-state index in [-0.39, 0.29) is 11.7 Å². The van der Waals surface area contributed by atoms with E-state index in [9.17, 15) is 23.1 Å². The minimum Gasteiger partial charge on any atom is -0.508 e. The number of ether oxygens (including phenoxy) is 1. The van der Waals surface area contributed by atoms with Crippen LogP contribution < -0.4 is 15.4 Å². The first-order chi connectivity index (χ1) is 17.9. The number of hydrogen-bond acceptors (Lipinski definition) is 8. The van der Waals surface area contributed by atoms with Gasteiger partial charge in [-0.3, -0.25) is 9.78 Å². The molecule has 13 heteroatoms. The highest BCUT2D eigenvalue weighted by Gasteiger charge is 2.38. The topological polar surface area (TPSA) is 137 Å². The molecule has 1 heterocycles. The van der Waals surface area contributed by atoms with E-state index in [0.29, 0.717) is 35.1 Å². The van der Waals surface area contributed by atoms with Crippen molar-refractivity contribution >= 4 is 23.4 Å². The van der Waals surface area contributed by atoms with Gasteiger partial charge in [-0.25, -0.2) is 9.78 Å². The normalized spacial score (nSPS) is 10.8. The van der Waals surface area contributed by atoms with Crippen molar-refractivity contribution in [2.45, 2.75) is 12.6 Å². The molecule has 2 aromatic carbocycles. The quantitative estimate of drug-likeness (QED) is 0.301. The molecule has 0 unspecified atom stereocenters. The zero-order valence-electron chi connectivity index (χ0n) is 20.9. The van der Waals surface area contributed by atoms with Gasteiger partial charge < -0.3 is 30.5 Å². The van der Waals surface area contributed by atoms with Gasteiger partial charge in [-0.1, -0.05) is 0 Å². The molecule has 1 amide bonds. The third-order valence-electron chi connectivity index (χ3n) is 4.83. The summed E-state index contributed by atoms with van der Waals surface area (Å²) in [5.41, 5.74) is 2.61. The van der Waals surface area contributed by atoms with Gasteiger partial charge in [0.05, 0.1) is 30.9 Å². The van der Waals surface area contributed by atoms with Crippen LogP contribution in [-0.2, 0) is 4.79 Å². The lowest BCUT2D eigenvalue weighted by Crippen LogP contribution is -2.27. The first kappa shape index (κ1) is 29.8. The number of phenolic OH excluding ortho intramolecular Hbond substituents is 1. The number of amides is 1. The number of aliphatic carboxylic acids is 1. The lowest BCUT2D eigenvalue weighted by Gasteiger charge is -2.14. The van der Waals surface area contributed by atoms with Crippen LogP contribution in [-0.4, -0.2) is 77.4 Å². The van der Waals surface area contributed by atoms with Crippen molar-refractivity contribution in [3.05, 3.63) is 60.4 Å². The molecule has 204 valence electrons. The average Bonchev–Trinajstić information content (AvgIpc) is 2.87. The molecule has 0 aliphatic rings. The summed E-state index contributed by atoms with van der Waals surface area (Å²) in [6.07, 6.45) is -0.969. The maximum absolute atomic E-state index is 12.5. The van der Waals surface area contributed by atoms with Crippen molar-refractivity contribution in [2.24, 2.45) is 0 Å². The zero-order valence-corrected chi connectivity index (χ0v) is 20.9. The van der Waals surface area contributed by atoms with Crippen molar-refractivity contribution < 1.29 is 37.7 Å². The number of carbonyl (C=O) groups excluding carboxylic acids is 1. The van der Waals surface area contributed by atoms with Crippen molar-refractivity contribution in [2.75, 3.05) is 39.6 Å². The third-order valence-corrected chi connectivity index (χ3v) is 4.83. The zero-order chi connectivity index (χ0) is 28.3. The van der Waals surface area contributed by atoms with E-state index in [0.717, 1.165) is 18.5 Å². The predicted octanol–water partition coefficient (Wildman–Crippen LogP) is 3.92. The maximum Gasteiger partial charge on any atom is 0.490 e. The molecule has 1 aromatic heterocycles. The fourth-order valence-electron chi connectivity index (χ4n) is 2.98. The number of nitrogens with one attached hydrogen (secondary N) is 2. The van der Waals surface area contributed by atoms with Gasteiger partial charge in [0.2, 0.25) is 0 Å². The number of halogens is 3. The number of methoxy groups -OCH3 is 1. The summed E-state index contributed by atoms with van der Waals surface area (Å²) in [6, 6.07) is 11.9. The van der Waals surface area contributed by atoms with Crippen LogP contribution in [0.3, 0.4) is 0 Å². The molecule has 0 aliphatic carbocycles. The Hall–Kier alpha value is -4.39. The highest BCUT2D eigenvalue weighted by Crippen LogP contribution is 2.29. The molecule has 0 radical (unpaired) electrons. The second-order valence-electron chi connectivity index (χ2n) is 8.09. The summed E-state index contributed by atoms with van der Waals surface area (Å²) in [7, 11) is 5.58. The number of phenols is 1. The Balaban J connectivity index is 0.000000638. The van der Waals surface area contributed by atoms with Gasteiger partial charge in [0, 0.05) is 17.7 Å². The predicted molar refractivity (Wildman–Crippen MR) is 135 cm³/mol. The second-order valence-corrected chi connectivity index (χ2v) is 8.09.